The van der Waals surface area contributed by atoms with E-state index in [4.69, 9.17) is 5.84 Å². The highest BCUT2D eigenvalue weighted by Crippen LogP contribution is 2.26. The van der Waals surface area contributed by atoms with E-state index in [1.54, 1.807) is 24.3 Å². The van der Waals surface area contributed by atoms with Crippen molar-refractivity contribution in [2.45, 2.75) is 0 Å². The van der Waals surface area contributed by atoms with Crippen LogP contribution in [0.2, 0.25) is 0 Å². The number of nitrogens with one attached hydrogen (secondary N) is 2. The highest BCUT2D eigenvalue weighted by molar-refractivity contribution is 9.10. The van der Waals surface area contributed by atoms with Crippen molar-refractivity contribution in [2.24, 2.45) is 5.84 Å². The first-order valence-corrected chi connectivity index (χ1v) is 10.3. The van der Waals surface area contributed by atoms with Crippen LogP contribution < -0.4 is 26.4 Å². The molecule has 0 atom stereocenters. The molecule has 3 rings (SSSR count). The van der Waals surface area contributed by atoms with E-state index in [0.717, 1.165) is 21.7 Å². The molecule has 2 aromatic carbocycles. The summed E-state index contributed by atoms with van der Waals surface area (Å²) < 4.78 is 34.6. The summed E-state index contributed by atoms with van der Waals surface area (Å²) in [5.74, 6) is 5.20. The van der Waals surface area contributed by atoms with Gasteiger partial charge >= 0.3 is 16.0 Å². The Kier molecular flexibility index (Phi) is 5.89. The molecule has 0 aliphatic carbocycles. The lowest BCUT2D eigenvalue weighted by atomic mass is 10.1. The normalized spacial score (nSPS) is 11.2. The van der Waals surface area contributed by atoms with Crippen molar-refractivity contribution in [2.75, 3.05) is 9.31 Å². The van der Waals surface area contributed by atoms with Gasteiger partial charge in [-0.25, -0.2) is 20.0 Å². The van der Waals surface area contributed by atoms with Gasteiger partial charge in [-0.1, -0.05) is 22.0 Å². The Morgan fingerprint density at radius 3 is 2.33 bits per heavy atom. The molecule has 0 unspecified atom stereocenters. The molecule has 0 saturated heterocycles. The van der Waals surface area contributed by atoms with E-state index in [9.17, 15) is 27.4 Å². The van der Waals surface area contributed by atoms with Crippen LogP contribution >= 0.6 is 15.9 Å². The minimum Gasteiger partial charge on any atom is -0.312 e. The molecule has 3 aromatic rings. The molecular weight excluding hydrogens is 482 g/mol. The summed E-state index contributed by atoms with van der Waals surface area (Å²) >= 11 is 3.27. The molecule has 30 heavy (non-hydrogen) atoms. The number of hydrazine groups is 1. The van der Waals surface area contributed by atoms with Gasteiger partial charge in [0.05, 0.1) is 11.4 Å². The molecule has 0 aliphatic rings. The van der Waals surface area contributed by atoms with Crippen molar-refractivity contribution in [3.63, 3.8) is 0 Å². The van der Waals surface area contributed by atoms with Crippen molar-refractivity contribution in [3.05, 3.63) is 85.6 Å². The van der Waals surface area contributed by atoms with Crippen LogP contribution in [0.4, 0.5) is 17.1 Å². The molecule has 0 aliphatic heterocycles. The fourth-order valence-electron chi connectivity index (χ4n) is 2.57. The smallest absolute Gasteiger partial charge is 0.312 e. The number of H-pyrrole nitrogens is 2. The SMILES string of the molecule is NN(C(=O)c1cccc(N(c2c[nH]c(=O)[nH]c2=O)S(=O)(=O)O)c1)c1ccc(Br)cc1. The first kappa shape index (κ1) is 21.4. The third-order valence-electron chi connectivity index (χ3n) is 3.90. The zero-order valence-electron chi connectivity index (χ0n) is 14.9. The average molecular weight is 496 g/mol. The molecule has 1 aromatic heterocycles. The molecule has 5 N–H and O–H groups in total. The summed E-state index contributed by atoms with van der Waals surface area (Å²) in [7, 11) is -5.00. The number of rotatable bonds is 5. The van der Waals surface area contributed by atoms with Gasteiger partial charge in [-0.3, -0.25) is 19.1 Å². The first-order chi connectivity index (χ1) is 14.1. The molecular formula is C17H14BrN5O6S. The summed E-state index contributed by atoms with van der Waals surface area (Å²) in [5, 5.41) is 0.857. The fraction of sp³-hybridized carbons (Fsp3) is 0. The second-order valence-corrected chi connectivity index (χ2v) is 8.08. The summed E-state index contributed by atoms with van der Waals surface area (Å²) in [5.41, 5.74) is -2.39. The van der Waals surface area contributed by atoms with Crippen molar-refractivity contribution in [1.82, 2.24) is 9.97 Å². The van der Waals surface area contributed by atoms with Crippen molar-refractivity contribution < 1.29 is 17.8 Å². The van der Waals surface area contributed by atoms with E-state index < -0.39 is 33.1 Å². The van der Waals surface area contributed by atoms with Gasteiger partial charge in [-0.2, -0.15) is 8.42 Å². The van der Waals surface area contributed by atoms with Crippen molar-refractivity contribution >= 4 is 49.2 Å². The minimum absolute atomic E-state index is 0.0209. The minimum atomic E-state index is -5.00. The Morgan fingerprint density at radius 2 is 1.73 bits per heavy atom. The highest BCUT2D eigenvalue weighted by atomic mass is 79.9. The number of carbonyl (C=O) groups is 1. The molecule has 0 radical (unpaired) electrons. The van der Waals surface area contributed by atoms with Gasteiger partial charge in [0.15, 0.2) is 0 Å². The van der Waals surface area contributed by atoms with E-state index >= 15 is 0 Å². The predicted molar refractivity (Wildman–Crippen MR) is 113 cm³/mol. The highest BCUT2D eigenvalue weighted by Gasteiger charge is 2.26. The van der Waals surface area contributed by atoms with E-state index in [0.29, 0.717) is 5.69 Å². The molecule has 0 fully saturated rings. The van der Waals surface area contributed by atoms with Crippen LogP contribution in [0.1, 0.15) is 10.4 Å². The third-order valence-corrected chi connectivity index (χ3v) is 5.30. The molecule has 0 bridgehead atoms. The van der Waals surface area contributed by atoms with E-state index in [1.807, 2.05) is 4.98 Å². The number of hydrogen-bond acceptors (Lipinski definition) is 6. The molecule has 0 spiro atoms. The molecule has 156 valence electrons. The number of amides is 1. The Morgan fingerprint density at radius 1 is 1.07 bits per heavy atom. The number of anilines is 3. The monoisotopic (exact) mass is 495 g/mol. The van der Waals surface area contributed by atoms with Gasteiger partial charge in [0.25, 0.3) is 11.5 Å². The average Bonchev–Trinajstić information content (AvgIpc) is 2.69. The lowest BCUT2D eigenvalue weighted by Crippen LogP contribution is -2.37. The lowest BCUT2D eigenvalue weighted by molar-refractivity contribution is 0.0987. The molecule has 1 amide bonds. The van der Waals surface area contributed by atoms with Gasteiger partial charge in [0, 0.05) is 16.2 Å². The number of nitrogens with zero attached hydrogens (tertiary/aromatic N) is 2. The number of nitrogens with two attached hydrogens (primary N) is 1. The summed E-state index contributed by atoms with van der Waals surface area (Å²) in [4.78, 5) is 40.0. The van der Waals surface area contributed by atoms with E-state index in [-0.39, 0.29) is 15.6 Å². The van der Waals surface area contributed by atoms with Crippen LogP contribution in [0.3, 0.4) is 0 Å². The molecule has 0 saturated carbocycles. The Balaban J connectivity index is 2.05. The van der Waals surface area contributed by atoms with Crippen LogP contribution in [0.15, 0.2) is 68.8 Å². The van der Waals surface area contributed by atoms with Gasteiger partial charge in [0.2, 0.25) is 0 Å². The summed E-state index contributed by atoms with van der Waals surface area (Å²) in [6, 6.07) is 11.6. The molecule has 11 nitrogen and oxygen atoms in total. The quantitative estimate of drug-likeness (QED) is 0.178. The number of benzene rings is 2. The predicted octanol–water partition coefficient (Wildman–Crippen LogP) is 1.29. The zero-order valence-corrected chi connectivity index (χ0v) is 17.3. The third kappa shape index (κ3) is 4.49. The number of halogens is 1. The Bertz CT molecular complexity index is 1320. The topological polar surface area (TPSA) is 170 Å². The van der Waals surface area contributed by atoms with Gasteiger partial charge < -0.3 is 4.98 Å². The maximum Gasteiger partial charge on any atom is 0.364 e. The fourth-order valence-corrected chi connectivity index (χ4v) is 3.60. The maximum absolute atomic E-state index is 12.7. The molecule has 13 heteroatoms. The largest absolute Gasteiger partial charge is 0.364 e. The van der Waals surface area contributed by atoms with Crippen LogP contribution in [0.5, 0.6) is 0 Å². The van der Waals surface area contributed by atoms with Gasteiger partial charge in [-0.05, 0) is 42.5 Å². The van der Waals surface area contributed by atoms with Crippen molar-refractivity contribution in [3.8, 4) is 0 Å². The van der Waals surface area contributed by atoms with E-state index in [2.05, 4.69) is 20.9 Å². The van der Waals surface area contributed by atoms with Crippen LogP contribution in [-0.4, -0.2) is 28.8 Å². The summed E-state index contributed by atoms with van der Waals surface area (Å²) in [6.07, 6.45) is 0.820. The first-order valence-electron chi connectivity index (χ1n) is 8.12. The maximum atomic E-state index is 12.7. The number of hydrogen-bond donors (Lipinski definition) is 4. The Labute approximate surface area is 177 Å². The molecule has 1 heterocycles. The second kappa shape index (κ2) is 8.23. The van der Waals surface area contributed by atoms with Crippen molar-refractivity contribution in [1.29, 1.82) is 0 Å². The number of aromatic amines is 2. The van der Waals surface area contributed by atoms with E-state index in [1.165, 1.54) is 18.2 Å². The van der Waals surface area contributed by atoms with Gasteiger partial charge in [-0.15, -0.1) is 0 Å². The van der Waals surface area contributed by atoms with Crippen LogP contribution in [-0.2, 0) is 10.3 Å². The van der Waals surface area contributed by atoms with Crippen LogP contribution in [0.25, 0.3) is 0 Å². The second-order valence-electron chi connectivity index (χ2n) is 5.90. The lowest BCUT2D eigenvalue weighted by Gasteiger charge is -2.21. The number of aromatic nitrogens is 2. The van der Waals surface area contributed by atoms with Crippen LogP contribution in [0, 0.1) is 0 Å². The van der Waals surface area contributed by atoms with Gasteiger partial charge in [0.1, 0.15) is 5.69 Å². The number of carbonyl (C=O) groups excluding carboxylic acids is 1. The summed E-state index contributed by atoms with van der Waals surface area (Å²) in [6.45, 7) is 0. The Hall–Kier alpha value is -3.26. The zero-order chi connectivity index (χ0) is 22.1. The standard InChI is InChI=1S/C17H14BrN5O6S/c18-11-4-6-12(7-5-11)22(19)16(25)10-2-1-3-13(8-10)23(30(27,28)29)14-9-20-17(26)21-15(14)24/h1-9H,19H2,(H,27,28,29)(H2,20,21,24,26).